The van der Waals surface area contributed by atoms with Gasteiger partial charge in [-0.3, -0.25) is 0 Å². The molecular formula is C14H18N2OS. The van der Waals surface area contributed by atoms with Crippen molar-refractivity contribution >= 4 is 26.7 Å². The lowest BCUT2D eigenvalue weighted by atomic mass is 9.89. The molecule has 18 heavy (non-hydrogen) atoms. The molecule has 3 nitrogen and oxygen atoms in total. The van der Waals surface area contributed by atoms with Crippen LogP contribution in [0.1, 0.15) is 25.3 Å². The summed E-state index contributed by atoms with van der Waals surface area (Å²) in [6.07, 6.45) is 2.65. The summed E-state index contributed by atoms with van der Waals surface area (Å²) in [5.41, 5.74) is 2.38. The SMILES string of the molecule is CCOC1CC(Nc2nc3ccc(C)cc3s2)C1. The summed E-state index contributed by atoms with van der Waals surface area (Å²) in [5, 5.41) is 4.54. The van der Waals surface area contributed by atoms with Gasteiger partial charge in [-0.05, 0) is 44.4 Å². The molecule has 1 N–H and O–H groups in total. The molecule has 0 amide bonds. The fourth-order valence-electron chi connectivity index (χ4n) is 2.32. The Balaban J connectivity index is 1.65. The molecule has 1 heterocycles. The van der Waals surface area contributed by atoms with E-state index in [1.54, 1.807) is 11.3 Å². The second kappa shape index (κ2) is 4.86. The molecule has 0 bridgehead atoms. The molecule has 1 aromatic carbocycles. The van der Waals surface area contributed by atoms with Crippen LogP contribution >= 0.6 is 11.3 Å². The lowest BCUT2D eigenvalue weighted by molar-refractivity contribution is 0.00299. The van der Waals surface area contributed by atoms with Crippen molar-refractivity contribution in [2.24, 2.45) is 0 Å². The first kappa shape index (κ1) is 11.9. The molecule has 1 saturated carbocycles. The highest BCUT2D eigenvalue weighted by atomic mass is 32.1. The van der Waals surface area contributed by atoms with Gasteiger partial charge in [-0.1, -0.05) is 17.4 Å². The summed E-state index contributed by atoms with van der Waals surface area (Å²) in [4.78, 5) is 4.61. The van der Waals surface area contributed by atoms with Crippen molar-refractivity contribution in [2.75, 3.05) is 11.9 Å². The molecule has 2 aromatic rings. The molecule has 1 aliphatic carbocycles. The van der Waals surface area contributed by atoms with Crippen molar-refractivity contribution in [1.82, 2.24) is 4.98 Å². The number of nitrogens with one attached hydrogen (secondary N) is 1. The lowest BCUT2D eigenvalue weighted by Crippen LogP contribution is -2.40. The smallest absolute Gasteiger partial charge is 0.184 e. The van der Waals surface area contributed by atoms with Gasteiger partial charge >= 0.3 is 0 Å². The van der Waals surface area contributed by atoms with Crippen LogP contribution in [0.3, 0.4) is 0 Å². The zero-order chi connectivity index (χ0) is 12.5. The van der Waals surface area contributed by atoms with Crippen LogP contribution < -0.4 is 5.32 Å². The van der Waals surface area contributed by atoms with Gasteiger partial charge in [0.15, 0.2) is 5.13 Å². The third-order valence-corrected chi connectivity index (χ3v) is 4.32. The summed E-state index contributed by atoms with van der Waals surface area (Å²) >= 11 is 1.74. The molecule has 0 unspecified atom stereocenters. The molecule has 1 aromatic heterocycles. The Morgan fingerprint density at radius 1 is 1.44 bits per heavy atom. The minimum Gasteiger partial charge on any atom is -0.378 e. The number of thiazole rings is 1. The predicted molar refractivity (Wildman–Crippen MR) is 76.4 cm³/mol. The average molecular weight is 262 g/mol. The number of fused-ring (bicyclic) bond motifs is 1. The first-order chi connectivity index (χ1) is 8.74. The topological polar surface area (TPSA) is 34.1 Å². The minimum absolute atomic E-state index is 0.448. The zero-order valence-electron chi connectivity index (χ0n) is 10.8. The molecule has 3 rings (SSSR count). The van der Waals surface area contributed by atoms with Gasteiger partial charge in [0.05, 0.1) is 16.3 Å². The van der Waals surface area contributed by atoms with Crippen LogP contribution in [0.4, 0.5) is 5.13 Å². The normalized spacial score (nSPS) is 23.0. The maximum Gasteiger partial charge on any atom is 0.184 e. The summed E-state index contributed by atoms with van der Waals surface area (Å²) in [5.74, 6) is 0. The molecule has 0 saturated heterocycles. The summed E-state index contributed by atoms with van der Waals surface area (Å²) < 4.78 is 6.83. The average Bonchev–Trinajstić information content (AvgIpc) is 2.68. The van der Waals surface area contributed by atoms with E-state index in [2.05, 4.69) is 42.3 Å². The highest BCUT2D eigenvalue weighted by Gasteiger charge is 2.29. The number of ether oxygens (including phenoxy) is 1. The molecule has 0 aliphatic heterocycles. The fourth-order valence-corrected chi connectivity index (χ4v) is 3.36. The highest BCUT2D eigenvalue weighted by Crippen LogP contribution is 2.31. The Bertz CT molecular complexity index is 546. The van der Waals surface area contributed by atoms with Gasteiger partial charge in [0.25, 0.3) is 0 Å². The van der Waals surface area contributed by atoms with Crippen molar-refractivity contribution in [3.63, 3.8) is 0 Å². The second-order valence-corrected chi connectivity index (χ2v) is 5.91. The minimum atomic E-state index is 0.448. The Morgan fingerprint density at radius 3 is 3.06 bits per heavy atom. The molecule has 1 fully saturated rings. The fraction of sp³-hybridized carbons (Fsp3) is 0.500. The summed E-state index contributed by atoms with van der Waals surface area (Å²) in [6, 6.07) is 6.93. The third-order valence-electron chi connectivity index (χ3n) is 3.37. The van der Waals surface area contributed by atoms with Gasteiger partial charge in [-0.25, -0.2) is 4.98 Å². The van der Waals surface area contributed by atoms with E-state index >= 15 is 0 Å². The van der Waals surface area contributed by atoms with Gasteiger partial charge in [-0.2, -0.15) is 0 Å². The first-order valence-electron chi connectivity index (χ1n) is 6.50. The molecular weight excluding hydrogens is 244 g/mol. The standard InChI is InChI=1S/C14H18N2OS/c1-3-17-11-7-10(8-11)15-14-16-12-5-4-9(2)6-13(12)18-14/h4-6,10-11H,3,7-8H2,1-2H3,(H,15,16). The van der Waals surface area contributed by atoms with Crippen LogP contribution in [0.5, 0.6) is 0 Å². The molecule has 0 atom stereocenters. The molecule has 4 heteroatoms. The van der Waals surface area contributed by atoms with Crippen molar-refractivity contribution in [3.05, 3.63) is 23.8 Å². The first-order valence-corrected chi connectivity index (χ1v) is 7.31. The van der Waals surface area contributed by atoms with E-state index in [1.807, 2.05) is 0 Å². The molecule has 0 spiro atoms. The number of rotatable bonds is 4. The molecule has 1 aliphatic rings. The largest absolute Gasteiger partial charge is 0.378 e. The van der Waals surface area contributed by atoms with Crippen LogP contribution in [0.15, 0.2) is 18.2 Å². The number of aryl methyl sites for hydroxylation is 1. The number of anilines is 1. The van der Waals surface area contributed by atoms with Crippen molar-refractivity contribution in [2.45, 2.75) is 38.8 Å². The van der Waals surface area contributed by atoms with Crippen LogP contribution in [0, 0.1) is 6.92 Å². The highest BCUT2D eigenvalue weighted by molar-refractivity contribution is 7.22. The Hall–Kier alpha value is -1.13. The maximum atomic E-state index is 5.56. The van der Waals surface area contributed by atoms with Crippen molar-refractivity contribution in [3.8, 4) is 0 Å². The molecule has 96 valence electrons. The second-order valence-electron chi connectivity index (χ2n) is 4.88. The summed E-state index contributed by atoms with van der Waals surface area (Å²) in [7, 11) is 0. The maximum absolute atomic E-state index is 5.56. The van der Waals surface area contributed by atoms with E-state index in [0.29, 0.717) is 12.1 Å². The lowest BCUT2D eigenvalue weighted by Gasteiger charge is -2.35. The van der Waals surface area contributed by atoms with Crippen LogP contribution in [-0.4, -0.2) is 23.7 Å². The number of nitrogens with zero attached hydrogens (tertiary/aromatic N) is 1. The van der Waals surface area contributed by atoms with E-state index in [9.17, 15) is 0 Å². The van der Waals surface area contributed by atoms with Crippen molar-refractivity contribution in [1.29, 1.82) is 0 Å². The van der Waals surface area contributed by atoms with E-state index in [4.69, 9.17) is 4.74 Å². The van der Waals surface area contributed by atoms with Crippen molar-refractivity contribution < 1.29 is 4.74 Å². The number of aromatic nitrogens is 1. The molecule has 0 radical (unpaired) electrons. The van der Waals surface area contributed by atoms with E-state index in [-0.39, 0.29) is 0 Å². The van der Waals surface area contributed by atoms with Gasteiger partial charge in [0.1, 0.15) is 0 Å². The van der Waals surface area contributed by atoms with Gasteiger partial charge in [0.2, 0.25) is 0 Å². The van der Waals surface area contributed by atoms with Gasteiger partial charge in [0, 0.05) is 12.6 Å². The number of benzene rings is 1. The van der Waals surface area contributed by atoms with Crippen LogP contribution in [0.25, 0.3) is 10.2 Å². The van der Waals surface area contributed by atoms with E-state index in [0.717, 1.165) is 30.1 Å². The van der Waals surface area contributed by atoms with Crippen LogP contribution in [-0.2, 0) is 4.74 Å². The monoisotopic (exact) mass is 262 g/mol. The number of hydrogen-bond acceptors (Lipinski definition) is 4. The van der Waals surface area contributed by atoms with Gasteiger partial charge < -0.3 is 10.1 Å². The Morgan fingerprint density at radius 2 is 2.28 bits per heavy atom. The predicted octanol–water partition coefficient (Wildman–Crippen LogP) is 3.58. The van der Waals surface area contributed by atoms with E-state index < -0.39 is 0 Å². The number of hydrogen-bond donors (Lipinski definition) is 1. The van der Waals surface area contributed by atoms with Crippen LogP contribution in [0.2, 0.25) is 0 Å². The third kappa shape index (κ3) is 2.35. The Kier molecular flexibility index (Phi) is 3.22. The Labute approximate surface area is 111 Å². The summed E-state index contributed by atoms with van der Waals surface area (Å²) in [6.45, 7) is 4.99. The quantitative estimate of drug-likeness (QED) is 0.914. The van der Waals surface area contributed by atoms with Gasteiger partial charge in [-0.15, -0.1) is 0 Å². The zero-order valence-corrected chi connectivity index (χ0v) is 11.6. The van der Waals surface area contributed by atoms with E-state index in [1.165, 1.54) is 10.3 Å².